The topological polar surface area (TPSA) is 92.3 Å². The van der Waals surface area contributed by atoms with E-state index in [2.05, 4.69) is 10.0 Å². The number of rotatable bonds is 7. The van der Waals surface area contributed by atoms with Crippen molar-refractivity contribution < 1.29 is 18.0 Å². The molecule has 3 aromatic carbocycles. The zero-order valence-electron chi connectivity index (χ0n) is 16.4. The van der Waals surface area contributed by atoms with Crippen LogP contribution in [0.3, 0.4) is 0 Å². The van der Waals surface area contributed by atoms with Crippen LogP contribution in [-0.4, -0.2) is 26.4 Å². The molecular formula is C22H20N2O4S2. The normalized spacial score (nSPS) is 11.0. The molecule has 0 saturated carbocycles. The first-order valence-electron chi connectivity index (χ1n) is 8.99. The molecule has 30 heavy (non-hydrogen) atoms. The monoisotopic (exact) mass is 440 g/mol. The number of thioether (sulfide) groups is 1. The molecule has 0 bridgehead atoms. The highest BCUT2D eigenvalue weighted by Gasteiger charge is 2.20. The molecule has 0 atom stereocenters. The standard InChI is InChI=1S/C22H20N2O4S2/c1-15(25)23-20-14-17(12-13-21(20)29-2)30(27,28)24-19-11-7-6-10-18(19)22(26)16-8-4-3-5-9-16/h3-14,24H,1-2H3,(H,23,25). The van der Waals surface area contributed by atoms with Crippen LogP contribution in [0.15, 0.2) is 82.6 Å². The summed E-state index contributed by atoms with van der Waals surface area (Å²) in [6.07, 6.45) is 1.83. The van der Waals surface area contributed by atoms with Crippen LogP contribution in [0.25, 0.3) is 0 Å². The van der Waals surface area contributed by atoms with Gasteiger partial charge < -0.3 is 5.32 Å². The van der Waals surface area contributed by atoms with Crippen LogP contribution in [0.2, 0.25) is 0 Å². The molecule has 0 unspecified atom stereocenters. The van der Waals surface area contributed by atoms with Crippen molar-refractivity contribution in [2.24, 2.45) is 0 Å². The van der Waals surface area contributed by atoms with Crippen molar-refractivity contribution in [1.82, 2.24) is 0 Å². The van der Waals surface area contributed by atoms with Crippen LogP contribution in [0.4, 0.5) is 11.4 Å². The van der Waals surface area contributed by atoms with Gasteiger partial charge in [-0.3, -0.25) is 14.3 Å². The van der Waals surface area contributed by atoms with E-state index in [0.29, 0.717) is 11.3 Å². The lowest BCUT2D eigenvalue weighted by molar-refractivity contribution is -0.114. The maximum Gasteiger partial charge on any atom is 0.261 e. The molecular weight excluding hydrogens is 420 g/mol. The Balaban J connectivity index is 1.97. The second-order valence-electron chi connectivity index (χ2n) is 6.39. The van der Waals surface area contributed by atoms with Gasteiger partial charge in [0.2, 0.25) is 5.91 Å². The van der Waals surface area contributed by atoms with Gasteiger partial charge in [-0.25, -0.2) is 8.42 Å². The maximum atomic E-state index is 13.0. The summed E-state index contributed by atoms with van der Waals surface area (Å²) in [6, 6.07) is 19.6. The van der Waals surface area contributed by atoms with E-state index in [4.69, 9.17) is 0 Å². The molecule has 0 saturated heterocycles. The second kappa shape index (κ2) is 9.15. The van der Waals surface area contributed by atoms with Gasteiger partial charge in [0.25, 0.3) is 10.0 Å². The number of hydrogen-bond acceptors (Lipinski definition) is 5. The summed E-state index contributed by atoms with van der Waals surface area (Å²) >= 11 is 1.39. The highest BCUT2D eigenvalue weighted by molar-refractivity contribution is 7.98. The fraction of sp³-hybridized carbons (Fsp3) is 0.0909. The smallest absolute Gasteiger partial charge is 0.261 e. The lowest BCUT2D eigenvalue weighted by Crippen LogP contribution is -2.16. The molecule has 6 nitrogen and oxygen atoms in total. The van der Waals surface area contributed by atoms with E-state index in [1.165, 1.54) is 30.8 Å². The van der Waals surface area contributed by atoms with Gasteiger partial charge in [0.1, 0.15) is 0 Å². The minimum Gasteiger partial charge on any atom is -0.325 e. The van der Waals surface area contributed by atoms with Crippen molar-refractivity contribution in [3.8, 4) is 0 Å². The van der Waals surface area contributed by atoms with Gasteiger partial charge in [0, 0.05) is 22.9 Å². The largest absolute Gasteiger partial charge is 0.325 e. The molecule has 3 aromatic rings. The molecule has 2 N–H and O–H groups in total. The molecule has 0 aliphatic rings. The molecule has 0 spiro atoms. The highest BCUT2D eigenvalue weighted by Crippen LogP contribution is 2.30. The Kier molecular flexibility index (Phi) is 6.59. The molecule has 1 amide bonds. The van der Waals surface area contributed by atoms with Crippen molar-refractivity contribution in [1.29, 1.82) is 0 Å². The molecule has 3 rings (SSSR count). The number of benzene rings is 3. The maximum absolute atomic E-state index is 13.0. The fourth-order valence-corrected chi connectivity index (χ4v) is 4.50. The first-order chi connectivity index (χ1) is 14.3. The van der Waals surface area contributed by atoms with Gasteiger partial charge >= 0.3 is 0 Å². The number of ketones is 1. The van der Waals surface area contributed by atoms with Crippen LogP contribution in [0.1, 0.15) is 22.8 Å². The number of anilines is 2. The van der Waals surface area contributed by atoms with E-state index in [1.807, 2.05) is 6.26 Å². The minimum absolute atomic E-state index is 0.0222. The Bertz CT molecular complexity index is 1190. The van der Waals surface area contributed by atoms with Crippen molar-refractivity contribution in [2.75, 3.05) is 16.3 Å². The molecule has 0 aliphatic carbocycles. The predicted molar refractivity (Wildman–Crippen MR) is 120 cm³/mol. The number of hydrogen-bond donors (Lipinski definition) is 2. The van der Waals surface area contributed by atoms with Gasteiger partial charge in [-0.05, 0) is 36.6 Å². The van der Waals surface area contributed by atoms with E-state index in [-0.39, 0.29) is 27.8 Å². The average Bonchev–Trinajstić information content (AvgIpc) is 2.73. The zero-order chi connectivity index (χ0) is 21.7. The first-order valence-corrected chi connectivity index (χ1v) is 11.7. The third-order valence-electron chi connectivity index (χ3n) is 4.24. The van der Waals surface area contributed by atoms with Gasteiger partial charge in [0.15, 0.2) is 5.78 Å². The Labute approximate surface area is 179 Å². The van der Waals surface area contributed by atoms with E-state index >= 15 is 0 Å². The molecule has 0 aromatic heterocycles. The Morgan fingerprint density at radius 2 is 1.53 bits per heavy atom. The van der Waals surface area contributed by atoms with Crippen LogP contribution in [-0.2, 0) is 14.8 Å². The van der Waals surface area contributed by atoms with Crippen LogP contribution in [0, 0.1) is 0 Å². The number of sulfonamides is 1. The number of para-hydroxylation sites is 1. The zero-order valence-corrected chi connectivity index (χ0v) is 18.0. The molecule has 0 fully saturated rings. The molecule has 8 heteroatoms. The van der Waals surface area contributed by atoms with E-state index in [0.717, 1.165) is 4.90 Å². The number of carbonyl (C=O) groups excluding carboxylic acids is 2. The van der Waals surface area contributed by atoms with Crippen LogP contribution in [0.5, 0.6) is 0 Å². The minimum atomic E-state index is -4.00. The third-order valence-corrected chi connectivity index (χ3v) is 6.40. The van der Waals surface area contributed by atoms with Crippen molar-refractivity contribution in [3.63, 3.8) is 0 Å². The average molecular weight is 441 g/mol. The van der Waals surface area contributed by atoms with Crippen LogP contribution >= 0.6 is 11.8 Å². The molecule has 0 heterocycles. The predicted octanol–water partition coefficient (Wildman–Crippen LogP) is 4.40. The molecule has 154 valence electrons. The highest BCUT2D eigenvalue weighted by atomic mass is 32.2. The summed E-state index contributed by atoms with van der Waals surface area (Å²) < 4.78 is 28.5. The summed E-state index contributed by atoms with van der Waals surface area (Å²) in [5, 5.41) is 2.65. The third kappa shape index (κ3) is 4.90. The molecule has 0 radical (unpaired) electrons. The second-order valence-corrected chi connectivity index (χ2v) is 8.92. The lowest BCUT2D eigenvalue weighted by atomic mass is 10.0. The van der Waals surface area contributed by atoms with E-state index in [9.17, 15) is 18.0 Å². The SMILES string of the molecule is CSc1ccc(S(=O)(=O)Nc2ccccc2C(=O)c2ccccc2)cc1NC(C)=O. The van der Waals surface area contributed by atoms with E-state index < -0.39 is 10.0 Å². The number of nitrogens with one attached hydrogen (secondary N) is 2. The summed E-state index contributed by atoms with van der Waals surface area (Å²) in [7, 11) is -4.00. The van der Waals surface area contributed by atoms with Crippen LogP contribution < -0.4 is 10.0 Å². The summed E-state index contributed by atoms with van der Waals surface area (Å²) in [5.74, 6) is -0.586. The van der Waals surface area contributed by atoms with Gasteiger partial charge in [0.05, 0.1) is 16.3 Å². The quantitative estimate of drug-likeness (QED) is 0.420. The summed E-state index contributed by atoms with van der Waals surface area (Å²) in [6.45, 7) is 1.36. The van der Waals surface area contributed by atoms with Crippen molar-refractivity contribution >= 4 is 44.9 Å². The lowest BCUT2D eigenvalue weighted by Gasteiger charge is -2.14. The Morgan fingerprint density at radius 1 is 0.867 bits per heavy atom. The number of carbonyl (C=O) groups is 2. The Hall–Kier alpha value is -3.10. The fourth-order valence-electron chi connectivity index (χ4n) is 2.86. The van der Waals surface area contributed by atoms with Gasteiger partial charge in [-0.1, -0.05) is 42.5 Å². The first kappa shape index (κ1) is 21.6. The summed E-state index contributed by atoms with van der Waals surface area (Å²) in [4.78, 5) is 25.0. The molecule has 0 aliphatic heterocycles. The van der Waals surface area contributed by atoms with Gasteiger partial charge in [-0.2, -0.15) is 0 Å². The van der Waals surface area contributed by atoms with Crippen molar-refractivity contribution in [2.45, 2.75) is 16.7 Å². The Morgan fingerprint density at radius 3 is 2.20 bits per heavy atom. The van der Waals surface area contributed by atoms with Gasteiger partial charge in [-0.15, -0.1) is 11.8 Å². The van der Waals surface area contributed by atoms with E-state index in [1.54, 1.807) is 60.7 Å². The van der Waals surface area contributed by atoms with Crippen molar-refractivity contribution in [3.05, 3.63) is 83.9 Å². The summed E-state index contributed by atoms with van der Waals surface area (Å²) in [5.41, 5.74) is 1.30. The number of amides is 1.